The highest BCUT2D eigenvalue weighted by atomic mass is 32.1. The van der Waals surface area contributed by atoms with Gasteiger partial charge in [0.2, 0.25) is 0 Å². The molecule has 1 atom stereocenters. The number of nitrogens with one attached hydrogen (secondary N) is 1. The number of rotatable bonds is 5. The molecular formula is C12H15N3OS. The summed E-state index contributed by atoms with van der Waals surface area (Å²) in [4.78, 5) is 1.11. The average molecular weight is 249 g/mol. The standard InChI is InChI=1S/C12H15N3OS/c1-3-13-12(11-8-14-15-17-11)9-5-4-6-10(7-9)16-2/h4-8,12-13H,3H2,1-2H3. The normalized spacial score (nSPS) is 12.4. The molecule has 17 heavy (non-hydrogen) atoms. The fourth-order valence-corrected chi connectivity index (χ4v) is 2.32. The quantitative estimate of drug-likeness (QED) is 0.883. The van der Waals surface area contributed by atoms with Crippen molar-refractivity contribution in [3.63, 3.8) is 0 Å². The fraction of sp³-hybridized carbons (Fsp3) is 0.333. The summed E-state index contributed by atoms with van der Waals surface area (Å²) in [5.41, 5.74) is 1.16. The molecule has 0 radical (unpaired) electrons. The Labute approximate surface area is 105 Å². The summed E-state index contributed by atoms with van der Waals surface area (Å²) >= 11 is 1.41. The lowest BCUT2D eigenvalue weighted by Gasteiger charge is -2.16. The third kappa shape index (κ3) is 2.81. The van der Waals surface area contributed by atoms with Crippen LogP contribution < -0.4 is 10.1 Å². The predicted molar refractivity (Wildman–Crippen MR) is 68.4 cm³/mol. The molecule has 0 saturated carbocycles. The summed E-state index contributed by atoms with van der Waals surface area (Å²) in [7, 11) is 1.68. The lowest BCUT2D eigenvalue weighted by Crippen LogP contribution is -2.21. The summed E-state index contributed by atoms with van der Waals surface area (Å²) < 4.78 is 9.16. The maximum Gasteiger partial charge on any atom is 0.119 e. The van der Waals surface area contributed by atoms with Crippen LogP contribution in [0.5, 0.6) is 5.75 Å². The number of nitrogens with zero attached hydrogens (tertiary/aromatic N) is 2. The minimum absolute atomic E-state index is 0.134. The molecule has 0 bridgehead atoms. The molecule has 4 nitrogen and oxygen atoms in total. The molecule has 90 valence electrons. The van der Waals surface area contributed by atoms with E-state index in [1.165, 1.54) is 11.5 Å². The topological polar surface area (TPSA) is 47.0 Å². The third-order valence-electron chi connectivity index (χ3n) is 2.50. The van der Waals surface area contributed by atoms with Gasteiger partial charge < -0.3 is 10.1 Å². The first-order chi connectivity index (χ1) is 8.35. The highest BCUT2D eigenvalue weighted by molar-refractivity contribution is 7.05. The Balaban J connectivity index is 2.32. The van der Waals surface area contributed by atoms with Crippen molar-refractivity contribution in [2.45, 2.75) is 13.0 Å². The van der Waals surface area contributed by atoms with Crippen molar-refractivity contribution >= 4 is 11.5 Å². The largest absolute Gasteiger partial charge is 0.497 e. The molecule has 1 aromatic carbocycles. The summed E-state index contributed by atoms with van der Waals surface area (Å²) in [6, 6.07) is 8.18. The van der Waals surface area contributed by atoms with Crippen LogP contribution in [-0.4, -0.2) is 23.2 Å². The van der Waals surface area contributed by atoms with Crippen molar-refractivity contribution in [1.82, 2.24) is 14.9 Å². The van der Waals surface area contributed by atoms with Gasteiger partial charge in [0.05, 0.1) is 24.2 Å². The molecular weight excluding hydrogens is 234 g/mol. The van der Waals surface area contributed by atoms with E-state index < -0.39 is 0 Å². The Bertz CT molecular complexity index is 459. The molecule has 1 N–H and O–H groups in total. The van der Waals surface area contributed by atoms with Crippen LogP contribution in [0.3, 0.4) is 0 Å². The maximum absolute atomic E-state index is 5.24. The first-order valence-electron chi connectivity index (χ1n) is 5.49. The minimum atomic E-state index is 0.134. The minimum Gasteiger partial charge on any atom is -0.497 e. The van der Waals surface area contributed by atoms with Crippen LogP contribution in [0.4, 0.5) is 0 Å². The molecule has 1 unspecified atom stereocenters. The van der Waals surface area contributed by atoms with E-state index in [1.807, 2.05) is 18.2 Å². The first-order valence-corrected chi connectivity index (χ1v) is 6.27. The summed E-state index contributed by atoms with van der Waals surface area (Å²) in [5.74, 6) is 0.864. The molecule has 0 amide bonds. The molecule has 0 aliphatic heterocycles. The van der Waals surface area contributed by atoms with Crippen molar-refractivity contribution in [2.24, 2.45) is 0 Å². The number of hydrogen-bond acceptors (Lipinski definition) is 5. The maximum atomic E-state index is 5.24. The zero-order chi connectivity index (χ0) is 12.1. The van der Waals surface area contributed by atoms with Gasteiger partial charge in [-0.1, -0.05) is 23.5 Å². The first kappa shape index (κ1) is 12.0. The highest BCUT2D eigenvalue weighted by Crippen LogP contribution is 2.26. The molecule has 2 rings (SSSR count). The van der Waals surface area contributed by atoms with Crippen LogP contribution in [0.1, 0.15) is 23.4 Å². The monoisotopic (exact) mass is 249 g/mol. The van der Waals surface area contributed by atoms with E-state index in [4.69, 9.17) is 4.74 Å². The Hall–Kier alpha value is -1.46. The van der Waals surface area contributed by atoms with E-state index in [9.17, 15) is 0 Å². The predicted octanol–water partition coefficient (Wildman–Crippen LogP) is 2.25. The third-order valence-corrected chi connectivity index (χ3v) is 3.23. The molecule has 2 aromatic rings. The van der Waals surface area contributed by atoms with Gasteiger partial charge in [-0.3, -0.25) is 0 Å². The van der Waals surface area contributed by atoms with Crippen LogP contribution in [0, 0.1) is 0 Å². The van der Waals surface area contributed by atoms with Crippen molar-refractivity contribution in [3.05, 3.63) is 40.9 Å². The van der Waals surface area contributed by atoms with Gasteiger partial charge in [-0.2, -0.15) is 0 Å². The summed E-state index contributed by atoms with van der Waals surface area (Å²) in [5, 5.41) is 7.32. The lowest BCUT2D eigenvalue weighted by molar-refractivity contribution is 0.413. The number of ether oxygens (including phenoxy) is 1. The van der Waals surface area contributed by atoms with Crippen LogP contribution in [0.25, 0.3) is 0 Å². The van der Waals surface area contributed by atoms with E-state index in [1.54, 1.807) is 13.3 Å². The second kappa shape index (κ2) is 5.75. The second-order valence-electron chi connectivity index (χ2n) is 3.59. The Morgan fingerprint density at radius 3 is 3.00 bits per heavy atom. The van der Waals surface area contributed by atoms with Gasteiger partial charge in [-0.25, -0.2) is 0 Å². The lowest BCUT2D eigenvalue weighted by atomic mass is 10.1. The highest BCUT2D eigenvalue weighted by Gasteiger charge is 2.15. The van der Waals surface area contributed by atoms with Crippen LogP contribution in [-0.2, 0) is 0 Å². The molecule has 0 spiro atoms. The van der Waals surface area contributed by atoms with E-state index in [0.29, 0.717) is 0 Å². The van der Waals surface area contributed by atoms with Gasteiger partial charge in [0.25, 0.3) is 0 Å². The SMILES string of the molecule is CCNC(c1cccc(OC)c1)c1cnns1. The van der Waals surface area contributed by atoms with Gasteiger partial charge in [0.1, 0.15) is 5.75 Å². The Morgan fingerprint density at radius 1 is 1.47 bits per heavy atom. The molecule has 0 saturated heterocycles. The number of aromatic nitrogens is 2. The van der Waals surface area contributed by atoms with Gasteiger partial charge >= 0.3 is 0 Å². The van der Waals surface area contributed by atoms with Crippen LogP contribution in [0.2, 0.25) is 0 Å². The zero-order valence-corrected chi connectivity index (χ0v) is 10.7. The summed E-state index contributed by atoms with van der Waals surface area (Å²) in [6.07, 6.45) is 1.80. The van der Waals surface area contributed by atoms with Gasteiger partial charge in [0, 0.05) is 0 Å². The van der Waals surface area contributed by atoms with Crippen LogP contribution >= 0.6 is 11.5 Å². The van der Waals surface area contributed by atoms with Crippen molar-refractivity contribution in [2.75, 3.05) is 13.7 Å². The number of benzene rings is 1. The van der Waals surface area contributed by atoms with Crippen molar-refractivity contribution in [1.29, 1.82) is 0 Å². The van der Waals surface area contributed by atoms with E-state index in [2.05, 4.69) is 27.9 Å². The Morgan fingerprint density at radius 2 is 2.35 bits per heavy atom. The molecule has 0 aliphatic carbocycles. The molecule has 0 aliphatic rings. The average Bonchev–Trinajstić information content (AvgIpc) is 2.89. The van der Waals surface area contributed by atoms with Crippen molar-refractivity contribution in [3.8, 4) is 5.75 Å². The summed E-state index contributed by atoms with van der Waals surface area (Å²) in [6.45, 7) is 2.97. The van der Waals surface area contributed by atoms with Gasteiger partial charge in [-0.15, -0.1) is 5.10 Å². The van der Waals surface area contributed by atoms with Crippen LogP contribution in [0.15, 0.2) is 30.5 Å². The molecule has 1 aromatic heterocycles. The molecule has 1 heterocycles. The fourth-order valence-electron chi connectivity index (χ4n) is 1.71. The van der Waals surface area contributed by atoms with E-state index in [0.717, 1.165) is 22.7 Å². The molecule has 5 heteroatoms. The Kier molecular flexibility index (Phi) is 4.06. The molecule has 0 fully saturated rings. The van der Waals surface area contributed by atoms with E-state index in [-0.39, 0.29) is 6.04 Å². The number of methoxy groups -OCH3 is 1. The smallest absolute Gasteiger partial charge is 0.119 e. The number of hydrogen-bond donors (Lipinski definition) is 1. The second-order valence-corrected chi connectivity index (χ2v) is 4.40. The zero-order valence-electron chi connectivity index (χ0n) is 9.88. The van der Waals surface area contributed by atoms with Crippen molar-refractivity contribution < 1.29 is 4.74 Å². The van der Waals surface area contributed by atoms with Gasteiger partial charge in [0.15, 0.2) is 0 Å². The van der Waals surface area contributed by atoms with E-state index >= 15 is 0 Å². The van der Waals surface area contributed by atoms with Gasteiger partial charge in [-0.05, 0) is 35.8 Å².